The lowest BCUT2D eigenvalue weighted by atomic mass is 10.2. The van der Waals surface area contributed by atoms with Crippen LogP contribution in [-0.4, -0.2) is 24.6 Å². The van der Waals surface area contributed by atoms with Crippen LogP contribution in [0.25, 0.3) is 0 Å². The summed E-state index contributed by atoms with van der Waals surface area (Å²) in [7, 11) is 0. The molecule has 0 aliphatic heterocycles. The lowest BCUT2D eigenvalue weighted by Gasteiger charge is -2.16. The second kappa shape index (κ2) is 8.72. The first kappa shape index (κ1) is 17.5. The van der Waals surface area contributed by atoms with Crippen molar-refractivity contribution in [1.82, 2.24) is 0 Å². The second-order valence-electron chi connectivity index (χ2n) is 5.35. The fourth-order valence-electron chi connectivity index (χ4n) is 2.03. The maximum Gasteiger partial charge on any atom is 0.347 e. The van der Waals surface area contributed by atoms with E-state index in [0.29, 0.717) is 17.9 Å². The van der Waals surface area contributed by atoms with E-state index < -0.39 is 12.1 Å². The summed E-state index contributed by atoms with van der Waals surface area (Å²) in [5.74, 6) is -0.354. The highest BCUT2D eigenvalue weighted by Gasteiger charge is 2.21. The molecule has 0 fully saturated rings. The smallest absolute Gasteiger partial charge is 0.347 e. The van der Waals surface area contributed by atoms with Gasteiger partial charge in [-0.25, -0.2) is 4.79 Å². The number of carbonyl (C=O) groups is 2. The first-order valence-electron chi connectivity index (χ1n) is 7.83. The normalized spacial score (nSPS) is 11.4. The van der Waals surface area contributed by atoms with Crippen LogP contribution in [0.3, 0.4) is 0 Å². The Morgan fingerprint density at radius 3 is 2.33 bits per heavy atom. The van der Waals surface area contributed by atoms with Gasteiger partial charge in [0.1, 0.15) is 5.75 Å². The van der Waals surface area contributed by atoms with Gasteiger partial charge in [-0.3, -0.25) is 4.79 Å². The van der Waals surface area contributed by atoms with Crippen LogP contribution in [0.2, 0.25) is 0 Å². The Kier molecular flexibility index (Phi) is 6.37. The monoisotopic (exact) mass is 327 g/mol. The molecule has 0 spiro atoms. The van der Waals surface area contributed by atoms with Crippen molar-refractivity contribution < 1.29 is 19.1 Å². The van der Waals surface area contributed by atoms with Crippen LogP contribution in [-0.2, 0) is 14.3 Å². The standard InChI is InChI=1S/C19H21NO4/c1-3-17(24-16-7-5-4-6-8-16)19(22)23-13-18(21)20-15-11-9-14(2)10-12-15/h4-12,17H,3,13H2,1-2H3,(H,20,21)/t17-/m0/s1. The quantitative estimate of drug-likeness (QED) is 0.792. The van der Waals surface area contributed by atoms with Crippen molar-refractivity contribution >= 4 is 17.6 Å². The number of esters is 1. The third-order valence-electron chi connectivity index (χ3n) is 3.34. The van der Waals surface area contributed by atoms with E-state index in [9.17, 15) is 9.59 Å². The molecular weight excluding hydrogens is 306 g/mol. The molecule has 24 heavy (non-hydrogen) atoms. The minimum Gasteiger partial charge on any atom is -0.479 e. The van der Waals surface area contributed by atoms with Crippen molar-refractivity contribution in [1.29, 1.82) is 0 Å². The van der Waals surface area contributed by atoms with Crippen LogP contribution < -0.4 is 10.1 Å². The van der Waals surface area contributed by atoms with E-state index in [1.54, 1.807) is 24.3 Å². The van der Waals surface area contributed by atoms with Gasteiger partial charge >= 0.3 is 5.97 Å². The molecule has 2 rings (SSSR count). The molecule has 0 bridgehead atoms. The summed E-state index contributed by atoms with van der Waals surface area (Å²) in [6.45, 7) is 3.44. The molecular formula is C19H21NO4. The van der Waals surface area contributed by atoms with Gasteiger partial charge in [0, 0.05) is 5.69 Å². The van der Waals surface area contributed by atoms with Gasteiger partial charge < -0.3 is 14.8 Å². The topological polar surface area (TPSA) is 64.6 Å². The van der Waals surface area contributed by atoms with E-state index >= 15 is 0 Å². The maximum atomic E-state index is 12.1. The van der Waals surface area contributed by atoms with E-state index in [1.807, 2.05) is 44.2 Å². The van der Waals surface area contributed by atoms with Crippen molar-refractivity contribution in [2.45, 2.75) is 26.4 Å². The molecule has 126 valence electrons. The summed E-state index contributed by atoms with van der Waals surface area (Å²) in [5, 5.41) is 2.67. The van der Waals surface area contributed by atoms with Crippen molar-refractivity contribution in [3.8, 4) is 5.75 Å². The molecule has 0 heterocycles. The maximum absolute atomic E-state index is 12.1. The molecule has 0 saturated carbocycles. The molecule has 1 N–H and O–H groups in total. The number of carbonyl (C=O) groups excluding carboxylic acids is 2. The molecule has 0 aliphatic rings. The highest BCUT2D eigenvalue weighted by Crippen LogP contribution is 2.13. The molecule has 2 aromatic rings. The zero-order chi connectivity index (χ0) is 17.4. The van der Waals surface area contributed by atoms with Crippen LogP contribution >= 0.6 is 0 Å². The van der Waals surface area contributed by atoms with Crippen molar-refractivity contribution in [2.24, 2.45) is 0 Å². The third kappa shape index (κ3) is 5.43. The molecule has 5 heteroatoms. The predicted octanol–water partition coefficient (Wildman–Crippen LogP) is 3.33. The lowest BCUT2D eigenvalue weighted by molar-refractivity contribution is -0.154. The van der Waals surface area contributed by atoms with Crippen LogP contribution in [0.4, 0.5) is 5.69 Å². The number of nitrogens with one attached hydrogen (secondary N) is 1. The first-order chi connectivity index (χ1) is 11.6. The molecule has 0 unspecified atom stereocenters. The Morgan fingerprint density at radius 1 is 1.04 bits per heavy atom. The average Bonchev–Trinajstić information content (AvgIpc) is 2.60. The van der Waals surface area contributed by atoms with E-state index in [2.05, 4.69) is 5.32 Å². The summed E-state index contributed by atoms with van der Waals surface area (Å²) >= 11 is 0. The van der Waals surface area contributed by atoms with Gasteiger partial charge in [-0.15, -0.1) is 0 Å². The number of ether oxygens (including phenoxy) is 2. The number of hydrogen-bond donors (Lipinski definition) is 1. The molecule has 5 nitrogen and oxygen atoms in total. The number of rotatable bonds is 7. The molecule has 0 aliphatic carbocycles. The van der Waals surface area contributed by atoms with Crippen LogP contribution in [0, 0.1) is 6.92 Å². The van der Waals surface area contributed by atoms with Crippen molar-refractivity contribution in [2.75, 3.05) is 11.9 Å². The Morgan fingerprint density at radius 2 is 1.71 bits per heavy atom. The Labute approximate surface area is 141 Å². The zero-order valence-electron chi connectivity index (χ0n) is 13.8. The van der Waals surface area contributed by atoms with Gasteiger partial charge in [0.05, 0.1) is 0 Å². The summed E-state index contributed by atoms with van der Waals surface area (Å²) in [6.07, 6.45) is -0.285. The number of benzene rings is 2. The molecule has 0 aromatic heterocycles. The van der Waals surface area contributed by atoms with E-state index in [1.165, 1.54) is 0 Å². The Bertz CT molecular complexity index is 668. The van der Waals surface area contributed by atoms with Gasteiger partial charge in [-0.05, 0) is 37.6 Å². The minimum absolute atomic E-state index is 0.346. The molecule has 0 radical (unpaired) electrons. The first-order valence-corrected chi connectivity index (χ1v) is 7.83. The number of hydrogen-bond acceptors (Lipinski definition) is 4. The summed E-state index contributed by atoms with van der Waals surface area (Å²) in [6, 6.07) is 16.4. The van der Waals surface area contributed by atoms with Gasteiger partial charge in [-0.1, -0.05) is 42.8 Å². The fourth-order valence-corrected chi connectivity index (χ4v) is 2.03. The van der Waals surface area contributed by atoms with Crippen molar-refractivity contribution in [3.05, 3.63) is 60.2 Å². The SMILES string of the molecule is CC[C@H](Oc1ccccc1)C(=O)OCC(=O)Nc1ccc(C)cc1. The Balaban J connectivity index is 1.82. The van der Waals surface area contributed by atoms with E-state index in [4.69, 9.17) is 9.47 Å². The van der Waals surface area contributed by atoms with Gasteiger partial charge in [0.2, 0.25) is 0 Å². The van der Waals surface area contributed by atoms with E-state index in [0.717, 1.165) is 5.56 Å². The van der Waals surface area contributed by atoms with Gasteiger partial charge in [0.15, 0.2) is 12.7 Å². The largest absolute Gasteiger partial charge is 0.479 e. The molecule has 0 saturated heterocycles. The van der Waals surface area contributed by atoms with Crippen LogP contribution in [0.1, 0.15) is 18.9 Å². The average molecular weight is 327 g/mol. The summed E-state index contributed by atoms with van der Waals surface area (Å²) in [4.78, 5) is 23.9. The minimum atomic E-state index is -0.737. The van der Waals surface area contributed by atoms with Crippen LogP contribution in [0.5, 0.6) is 5.75 Å². The number of anilines is 1. The van der Waals surface area contributed by atoms with Gasteiger partial charge in [0.25, 0.3) is 5.91 Å². The summed E-state index contributed by atoms with van der Waals surface area (Å²) < 4.78 is 10.6. The number of aryl methyl sites for hydroxylation is 1. The Hall–Kier alpha value is -2.82. The predicted molar refractivity (Wildman–Crippen MR) is 91.9 cm³/mol. The zero-order valence-corrected chi connectivity index (χ0v) is 13.8. The highest BCUT2D eigenvalue weighted by molar-refractivity contribution is 5.93. The van der Waals surface area contributed by atoms with Crippen LogP contribution in [0.15, 0.2) is 54.6 Å². The number of para-hydroxylation sites is 1. The molecule has 1 amide bonds. The summed E-state index contributed by atoms with van der Waals surface area (Å²) in [5.41, 5.74) is 1.76. The van der Waals surface area contributed by atoms with Crippen molar-refractivity contribution in [3.63, 3.8) is 0 Å². The lowest BCUT2D eigenvalue weighted by Crippen LogP contribution is -2.31. The fraction of sp³-hybridized carbons (Fsp3) is 0.263. The molecule has 1 atom stereocenters. The highest BCUT2D eigenvalue weighted by atomic mass is 16.6. The van der Waals surface area contributed by atoms with E-state index in [-0.39, 0.29) is 12.5 Å². The molecule has 2 aromatic carbocycles. The number of amides is 1. The second-order valence-corrected chi connectivity index (χ2v) is 5.35. The third-order valence-corrected chi connectivity index (χ3v) is 3.34. The van der Waals surface area contributed by atoms with Gasteiger partial charge in [-0.2, -0.15) is 0 Å².